The molecule has 0 aromatic carbocycles. The number of carbonyl (C=O) groups excluding carboxylic acids is 3. The molecule has 6 atom stereocenters. The second kappa shape index (κ2) is 10.5. The van der Waals surface area contributed by atoms with E-state index in [1.165, 1.54) is 13.2 Å². The van der Waals surface area contributed by atoms with Crippen molar-refractivity contribution in [3.63, 3.8) is 0 Å². The molecule has 0 aliphatic heterocycles. The number of esters is 2. The van der Waals surface area contributed by atoms with Crippen molar-refractivity contribution < 1.29 is 29.0 Å². The van der Waals surface area contributed by atoms with Crippen molar-refractivity contribution in [2.75, 3.05) is 20.3 Å². The zero-order chi connectivity index (χ0) is 22.5. The van der Waals surface area contributed by atoms with E-state index in [-0.39, 0.29) is 48.5 Å². The van der Waals surface area contributed by atoms with E-state index >= 15 is 0 Å². The average Bonchev–Trinajstić information content (AvgIpc) is 2.75. The molecular weight excluding hydrogens is 386 g/mol. The van der Waals surface area contributed by atoms with Gasteiger partial charge in [0.05, 0.1) is 19.1 Å². The van der Waals surface area contributed by atoms with Crippen LogP contribution < -0.4 is 5.73 Å². The van der Waals surface area contributed by atoms with Crippen LogP contribution in [0, 0.1) is 29.1 Å². The minimum atomic E-state index is -0.758. The van der Waals surface area contributed by atoms with Gasteiger partial charge in [-0.25, -0.2) is 4.79 Å². The summed E-state index contributed by atoms with van der Waals surface area (Å²) in [6, 6.07) is 0. The normalized spacial score (nSPS) is 36.7. The molecule has 3 N–H and O–H groups in total. The Morgan fingerprint density at radius 2 is 1.93 bits per heavy atom. The first-order valence-corrected chi connectivity index (χ1v) is 11.2. The van der Waals surface area contributed by atoms with Crippen molar-refractivity contribution in [2.45, 2.75) is 65.4 Å². The van der Waals surface area contributed by atoms with E-state index in [1.54, 1.807) is 0 Å². The standard InChI is InChI=1S/C21H31NO6.C2H6/c1-21-6-5-16(23)19(20(26)27-2)15(21)11-17(24)13-9-12(3-4-14(13)21)10-18(25)28-8-7-22;1-2/h10,13-16,19,23H,3-9,11,22H2,1-2H3;1-2H3/b12-10+;/t13-,14?,15?,16?,19?,21?;/m0./s1. The van der Waals surface area contributed by atoms with Crippen LogP contribution in [0.1, 0.15) is 59.3 Å². The molecule has 0 spiro atoms. The number of ketones is 1. The topological polar surface area (TPSA) is 116 Å². The van der Waals surface area contributed by atoms with E-state index in [0.717, 1.165) is 24.8 Å². The molecule has 3 saturated carbocycles. The van der Waals surface area contributed by atoms with Crippen LogP contribution in [-0.2, 0) is 23.9 Å². The molecule has 3 fully saturated rings. The number of hydrogen-bond acceptors (Lipinski definition) is 7. The molecule has 0 bridgehead atoms. The number of Topliss-reactive ketones (excluding diaryl/α,β-unsaturated/α-hetero) is 1. The van der Waals surface area contributed by atoms with Crippen LogP contribution in [0.25, 0.3) is 0 Å². The van der Waals surface area contributed by atoms with Crippen LogP contribution in [0.4, 0.5) is 0 Å². The molecule has 0 heterocycles. The van der Waals surface area contributed by atoms with Crippen LogP contribution in [0.5, 0.6) is 0 Å². The summed E-state index contributed by atoms with van der Waals surface area (Å²) in [7, 11) is 1.33. The van der Waals surface area contributed by atoms with Gasteiger partial charge in [0.25, 0.3) is 0 Å². The van der Waals surface area contributed by atoms with E-state index < -0.39 is 24.0 Å². The predicted octanol–water partition coefficient (Wildman–Crippen LogP) is 2.40. The summed E-state index contributed by atoms with van der Waals surface area (Å²) in [5.41, 5.74) is 6.10. The van der Waals surface area contributed by atoms with E-state index in [2.05, 4.69) is 6.92 Å². The Bertz CT molecular complexity index is 675. The zero-order valence-electron chi connectivity index (χ0n) is 18.7. The van der Waals surface area contributed by atoms with E-state index in [9.17, 15) is 19.5 Å². The summed E-state index contributed by atoms with van der Waals surface area (Å²) < 4.78 is 9.96. The third kappa shape index (κ3) is 4.78. The van der Waals surface area contributed by atoms with Crippen molar-refractivity contribution in [1.82, 2.24) is 0 Å². The number of fused-ring (bicyclic) bond motifs is 3. The van der Waals surface area contributed by atoms with Gasteiger partial charge in [0, 0.05) is 25.0 Å². The fourth-order valence-corrected chi connectivity index (χ4v) is 5.84. The van der Waals surface area contributed by atoms with E-state index in [4.69, 9.17) is 15.2 Å². The number of nitrogens with two attached hydrogens (primary N) is 1. The highest BCUT2D eigenvalue weighted by molar-refractivity contribution is 5.86. The largest absolute Gasteiger partial charge is 0.469 e. The Labute approximate surface area is 179 Å². The maximum absolute atomic E-state index is 13.0. The molecule has 7 heteroatoms. The summed E-state index contributed by atoms with van der Waals surface area (Å²) in [6.45, 7) is 6.63. The smallest absolute Gasteiger partial charge is 0.330 e. The maximum Gasteiger partial charge on any atom is 0.330 e. The van der Waals surface area contributed by atoms with Gasteiger partial charge in [-0.2, -0.15) is 0 Å². The van der Waals surface area contributed by atoms with Gasteiger partial charge < -0.3 is 20.3 Å². The molecule has 30 heavy (non-hydrogen) atoms. The minimum absolute atomic E-state index is 0.122. The molecule has 7 nitrogen and oxygen atoms in total. The molecule has 3 aliphatic rings. The van der Waals surface area contributed by atoms with Gasteiger partial charge in [-0.15, -0.1) is 0 Å². The quantitative estimate of drug-likeness (QED) is 0.527. The number of ether oxygens (including phenoxy) is 2. The van der Waals surface area contributed by atoms with Crippen LogP contribution >= 0.6 is 0 Å². The fourth-order valence-electron chi connectivity index (χ4n) is 5.84. The highest BCUT2D eigenvalue weighted by atomic mass is 16.5. The lowest BCUT2D eigenvalue weighted by Gasteiger charge is -2.57. The Morgan fingerprint density at radius 3 is 2.57 bits per heavy atom. The monoisotopic (exact) mass is 423 g/mol. The molecule has 0 aromatic rings. The molecular formula is C23H37NO6. The number of hydrogen-bond donors (Lipinski definition) is 2. The average molecular weight is 424 g/mol. The number of rotatable bonds is 4. The van der Waals surface area contributed by atoms with Crippen LogP contribution in [0.2, 0.25) is 0 Å². The first-order chi connectivity index (χ1) is 14.3. The van der Waals surface area contributed by atoms with E-state index in [0.29, 0.717) is 12.8 Å². The van der Waals surface area contributed by atoms with Crippen LogP contribution in [-0.4, -0.2) is 49.2 Å². The zero-order valence-corrected chi connectivity index (χ0v) is 18.7. The molecule has 0 amide bonds. The lowest BCUT2D eigenvalue weighted by atomic mass is 9.46. The molecule has 0 radical (unpaired) electrons. The number of carbonyl (C=O) groups is 3. The maximum atomic E-state index is 13.0. The third-order valence-corrected chi connectivity index (χ3v) is 7.26. The number of allylic oxidation sites excluding steroid dienone is 1. The summed E-state index contributed by atoms with van der Waals surface area (Å²) in [6.07, 6.45) is 4.45. The molecule has 0 aromatic heterocycles. The molecule has 0 saturated heterocycles. The molecule has 3 aliphatic carbocycles. The van der Waals surface area contributed by atoms with Gasteiger partial charge in [0.2, 0.25) is 0 Å². The number of aliphatic hydroxyl groups excluding tert-OH is 1. The number of methoxy groups -OCH3 is 1. The predicted molar refractivity (Wildman–Crippen MR) is 112 cm³/mol. The van der Waals surface area contributed by atoms with Gasteiger partial charge in [-0.1, -0.05) is 26.3 Å². The second-order valence-corrected chi connectivity index (χ2v) is 8.65. The van der Waals surface area contributed by atoms with Crippen molar-refractivity contribution >= 4 is 17.7 Å². The first-order valence-electron chi connectivity index (χ1n) is 11.2. The molecule has 3 rings (SSSR count). The van der Waals surface area contributed by atoms with Crippen LogP contribution in [0.3, 0.4) is 0 Å². The van der Waals surface area contributed by atoms with Crippen molar-refractivity contribution in [2.24, 2.45) is 34.8 Å². The first kappa shape index (κ1) is 24.5. The SMILES string of the molecule is CC.COC(=O)C1C(O)CCC2(C)C1CC(=O)[C@H]1C/C(=C/C(=O)OCCN)CCC12. The lowest BCUT2D eigenvalue weighted by Crippen LogP contribution is -2.57. The molecule has 170 valence electrons. The van der Waals surface area contributed by atoms with Gasteiger partial charge in [-0.05, 0) is 49.4 Å². The Hall–Kier alpha value is -1.73. The minimum Gasteiger partial charge on any atom is -0.469 e. The lowest BCUT2D eigenvalue weighted by molar-refractivity contribution is -0.173. The van der Waals surface area contributed by atoms with Crippen molar-refractivity contribution in [1.29, 1.82) is 0 Å². The van der Waals surface area contributed by atoms with Crippen LogP contribution in [0.15, 0.2) is 11.6 Å². The highest BCUT2D eigenvalue weighted by Crippen LogP contribution is 2.60. The van der Waals surface area contributed by atoms with Gasteiger partial charge in [0.15, 0.2) is 0 Å². The van der Waals surface area contributed by atoms with Gasteiger partial charge in [0.1, 0.15) is 12.4 Å². The Kier molecular flexibility index (Phi) is 8.62. The summed E-state index contributed by atoms with van der Waals surface area (Å²) >= 11 is 0. The molecule has 5 unspecified atom stereocenters. The summed E-state index contributed by atoms with van der Waals surface area (Å²) in [5, 5.41) is 10.4. The summed E-state index contributed by atoms with van der Waals surface area (Å²) in [5.74, 6) is -1.54. The highest BCUT2D eigenvalue weighted by Gasteiger charge is 2.59. The van der Waals surface area contributed by atoms with Crippen molar-refractivity contribution in [3.8, 4) is 0 Å². The Balaban J connectivity index is 0.00000155. The van der Waals surface area contributed by atoms with E-state index in [1.807, 2.05) is 13.8 Å². The number of aliphatic hydroxyl groups is 1. The van der Waals surface area contributed by atoms with Gasteiger partial charge >= 0.3 is 11.9 Å². The Morgan fingerprint density at radius 1 is 1.23 bits per heavy atom. The van der Waals surface area contributed by atoms with Gasteiger partial charge in [-0.3, -0.25) is 9.59 Å². The summed E-state index contributed by atoms with van der Waals surface area (Å²) in [4.78, 5) is 37.2. The third-order valence-electron chi connectivity index (χ3n) is 7.26. The fraction of sp³-hybridized carbons (Fsp3) is 0.783. The van der Waals surface area contributed by atoms with Crippen molar-refractivity contribution in [3.05, 3.63) is 11.6 Å². The second-order valence-electron chi connectivity index (χ2n) is 8.65.